The van der Waals surface area contributed by atoms with Crippen LogP contribution in [0.4, 0.5) is 0 Å². The standard InChI is InChI=1S/C19H23NO2/c1-3-21-18(22-4-2)15-20-19(16-11-7-5-8-12-16)17-13-9-6-10-14-17/h5-15,18-19H,3-4H2,1-2H3. The lowest BCUT2D eigenvalue weighted by molar-refractivity contribution is -0.0869. The van der Waals surface area contributed by atoms with E-state index in [9.17, 15) is 0 Å². The van der Waals surface area contributed by atoms with Gasteiger partial charge in [-0.15, -0.1) is 0 Å². The van der Waals surface area contributed by atoms with Crippen LogP contribution >= 0.6 is 0 Å². The molecule has 3 nitrogen and oxygen atoms in total. The third kappa shape index (κ3) is 4.79. The molecule has 0 N–H and O–H groups in total. The number of hydrogen-bond donors (Lipinski definition) is 0. The topological polar surface area (TPSA) is 30.8 Å². The van der Waals surface area contributed by atoms with Gasteiger partial charge in [0.15, 0.2) is 6.29 Å². The minimum atomic E-state index is -0.398. The molecule has 0 aliphatic rings. The van der Waals surface area contributed by atoms with Crippen molar-refractivity contribution in [3.8, 4) is 0 Å². The zero-order valence-corrected chi connectivity index (χ0v) is 13.2. The van der Waals surface area contributed by atoms with Crippen LogP contribution in [0.5, 0.6) is 0 Å². The van der Waals surface area contributed by atoms with E-state index in [0.29, 0.717) is 13.2 Å². The first-order valence-corrected chi connectivity index (χ1v) is 7.71. The van der Waals surface area contributed by atoms with Crippen molar-refractivity contribution in [1.29, 1.82) is 0 Å². The van der Waals surface area contributed by atoms with Crippen molar-refractivity contribution in [3.05, 3.63) is 71.8 Å². The molecule has 22 heavy (non-hydrogen) atoms. The van der Waals surface area contributed by atoms with Crippen LogP contribution in [0.15, 0.2) is 65.7 Å². The minimum Gasteiger partial charge on any atom is -0.348 e. The van der Waals surface area contributed by atoms with Crippen molar-refractivity contribution in [2.24, 2.45) is 4.99 Å². The summed E-state index contributed by atoms with van der Waals surface area (Å²) in [6.45, 7) is 5.09. The zero-order chi connectivity index (χ0) is 15.6. The van der Waals surface area contributed by atoms with Gasteiger partial charge in [0.1, 0.15) is 0 Å². The van der Waals surface area contributed by atoms with Crippen LogP contribution in [0.2, 0.25) is 0 Å². The molecule has 0 atom stereocenters. The Morgan fingerprint density at radius 1 is 0.818 bits per heavy atom. The second kappa shape index (κ2) is 9.13. The largest absolute Gasteiger partial charge is 0.348 e. The van der Waals surface area contributed by atoms with E-state index in [4.69, 9.17) is 14.5 Å². The summed E-state index contributed by atoms with van der Waals surface area (Å²) in [5, 5.41) is 0. The third-order valence-corrected chi connectivity index (χ3v) is 3.25. The van der Waals surface area contributed by atoms with Crippen LogP contribution in [-0.2, 0) is 9.47 Å². The van der Waals surface area contributed by atoms with Crippen LogP contribution in [0.1, 0.15) is 31.0 Å². The molecule has 0 radical (unpaired) electrons. The monoisotopic (exact) mass is 297 g/mol. The lowest BCUT2D eigenvalue weighted by Gasteiger charge is -2.16. The summed E-state index contributed by atoms with van der Waals surface area (Å²) in [4.78, 5) is 4.73. The van der Waals surface area contributed by atoms with E-state index >= 15 is 0 Å². The molecule has 0 aliphatic heterocycles. The second-order valence-electron chi connectivity index (χ2n) is 4.80. The van der Waals surface area contributed by atoms with Gasteiger partial charge in [0.25, 0.3) is 0 Å². The van der Waals surface area contributed by atoms with Gasteiger partial charge in [-0.05, 0) is 25.0 Å². The van der Waals surface area contributed by atoms with Gasteiger partial charge in [-0.3, -0.25) is 4.99 Å². The Hall–Kier alpha value is -1.97. The number of nitrogens with zero attached hydrogens (tertiary/aromatic N) is 1. The Kier molecular flexibility index (Phi) is 6.81. The molecule has 0 heterocycles. The SMILES string of the molecule is CCOC(C=NC(c1ccccc1)c1ccccc1)OCC. The number of hydrogen-bond acceptors (Lipinski definition) is 3. The first kappa shape index (κ1) is 16.4. The molecule has 0 unspecified atom stereocenters. The minimum absolute atomic E-state index is 0.0502. The maximum absolute atomic E-state index is 5.53. The van der Waals surface area contributed by atoms with E-state index in [1.165, 1.54) is 0 Å². The highest BCUT2D eigenvalue weighted by Crippen LogP contribution is 2.25. The predicted octanol–water partition coefficient (Wildman–Crippen LogP) is 4.25. The summed E-state index contributed by atoms with van der Waals surface area (Å²) in [5.74, 6) is 0. The molecular formula is C19H23NO2. The summed E-state index contributed by atoms with van der Waals surface area (Å²) in [7, 11) is 0. The smallest absolute Gasteiger partial charge is 0.193 e. The van der Waals surface area contributed by atoms with Crippen molar-refractivity contribution in [2.75, 3.05) is 13.2 Å². The average Bonchev–Trinajstić information content (AvgIpc) is 2.57. The number of ether oxygens (including phenoxy) is 2. The number of benzene rings is 2. The molecule has 2 aromatic rings. The van der Waals surface area contributed by atoms with Crippen molar-refractivity contribution >= 4 is 6.21 Å². The fourth-order valence-corrected chi connectivity index (χ4v) is 2.25. The average molecular weight is 297 g/mol. The summed E-state index contributed by atoms with van der Waals surface area (Å²) < 4.78 is 11.1. The highest BCUT2D eigenvalue weighted by molar-refractivity contribution is 5.62. The maximum Gasteiger partial charge on any atom is 0.193 e. The van der Waals surface area contributed by atoms with E-state index in [1.807, 2.05) is 50.2 Å². The van der Waals surface area contributed by atoms with E-state index < -0.39 is 6.29 Å². The van der Waals surface area contributed by atoms with E-state index in [2.05, 4.69) is 24.3 Å². The molecule has 2 rings (SSSR count). The Balaban J connectivity index is 2.25. The first-order valence-electron chi connectivity index (χ1n) is 7.71. The summed E-state index contributed by atoms with van der Waals surface area (Å²) >= 11 is 0. The van der Waals surface area contributed by atoms with Crippen molar-refractivity contribution in [3.63, 3.8) is 0 Å². The van der Waals surface area contributed by atoms with Crippen LogP contribution < -0.4 is 0 Å². The highest BCUT2D eigenvalue weighted by atomic mass is 16.7. The van der Waals surface area contributed by atoms with Gasteiger partial charge in [0.05, 0.1) is 12.3 Å². The van der Waals surface area contributed by atoms with Crippen molar-refractivity contribution in [1.82, 2.24) is 0 Å². The second-order valence-corrected chi connectivity index (χ2v) is 4.80. The van der Waals surface area contributed by atoms with Crippen molar-refractivity contribution < 1.29 is 9.47 Å². The molecule has 0 saturated carbocycles. The Labute approximate surface area is 132 Å². The van der Waals surface area contributed by atoms with Crippen LogP contribution in [0.3, 0.4) is 0 Å². The quantitative estimate of drug-likeness (QED) is 0.539. The maximum atomic E-state index is 5.53. The summed E-state index contributed by atoms with van der Waals surface area (Å²) in [5.41, 5.74) is 2.30. The highest BCUT2D eigenvalue weighted by Gasteiger charge is 2.13. The number of aliphatic imine (C=N–C) groups is 1. The van der Waals surface area contributed by atoms with Crippen molar-refractivity contribution in [2.45, 2.75) is 26.2 Å². The van der Waals surface area contributed by atoms with Crippen LogP contribution in [-0.4, -0.2) is 25.7 Å². The first-order chi connectivity index (χ1) is 10.8. The third-order valence-electron chi connectivity index (χ3n) is 3.25. The predicted molar refractivity (Wildman–Crippen MR) is 90.3 cm³/mol. The molecular weight excluding hydrogens is 274 g/mol. The lowest BCUT2D eigenvalue weighted by Crippen LogP contribution is -2.19. The molecule has 0 saturated heterocycles. The van der Waals surface area contributed by atoms with Crippen LogP contribution in [0.25, 0.3) is 0 Å². The zero-order valence-electron chi connectivity index (χ0n) is 13.2. The molecule has 0 aromatic heterocycles. The molecule has 0 amide bonds. The lowest BCUT2D eigenvalue weighted by atomic mass is 9.99. The van der Waals surface area contributed by atoms with E-state index in [0.717, 1.165) is 11.1 Å². The Morgan fingerprint density at radius 3 is 1.68 bits per heavy atom. The van der Waals surface area contributed by atoms with Gasteiger partial charge in [-0.2, -0.15) is 0 Å². The molecule has 116 valence electrons. The van der Waals surface area contributed by atoms with Gasteiger partial charge in [0.2, 0.25) is 0 Å². The Morgan fingerprint density at radius 2 is 1.27 bits per heavy atom. The summed E-state index contributed by atoms with van der Waals surface area (Å²) in [6, 6.07) is 20.5. The molecule has 0 fully saturated rings. The fourth-order valence-electron chi connectivity index (χ4n) is 2.25. The Bertz CT molecular complexity index is 509. The van der Waals surface area contributed by atoms with Gasteiger partial charge in [-0.25, -0.2) is 0 Å². The van der Waals surface area contributed by atoms with Gasteiger partial charge >= 0.3 is 0 Å². The fraction of sp³-hybridized carbons (Fsp3) is 0.316. The molecule has 3 heteroatoms. The summed E-state index contributed by atoms with van der Waals surface area (Å²) in [6.07, 6.45) is 1.36. The molecule has 0 bridgehead atoms. The molecule has 0 aliphatic carbocycles. The van der Waals surface area contributed by atoms with E-state index in [1.54, 1.807) is 6.21 Å². The molecule has 0 spiro atoms. The van der Waals surface area contributed by atoms with Gasteiger partial charge in [-0.1, -0.05) is 60.7 Å². The van der Waals surface area contributed by atoms with Gasteiger partial charge in [0, 0.05) is 13.2 Å². The van der Waals surface area contributed by atoms with Gasteiger partial charge < -0.3 is 9.47 Å². The molecule has 2 aromatic carbocycles. The van der Waals surface area contributed by atoms with Crippen LogP contribution in [0, 0.1) is 0 Å². The normalized spacial score (nSPS) is 11.6. The number of rotatable bonds is 8. The van der Waals surface area contributed by atoms with E-state index in [-0.39, 0.29) is 6.04 Å².